The van der Waals surface area contributed by atoms with Crippen molar-refractivity contribution in [3.63, 3.8) is 0 Å². The number of piperidine rings is 3. The fourth-order valence-corrected chi connectivity index (χ4v) is 11.2. The summed E-state index contributed by atoms with van der Waals surface area (Å²) in [6.45, 7) is 5.74. The second-order valence-electron chi connectivity index (χ2n) is 18.9. The highest BCUT2D eigenvalue weighted by Gasteiger charge is 2.41. The first-order valence-corrected chi connectivity index (χ1v) is 24.0. The number of anilines is 2. The maximum Gasteiger partial charge on any atom is 0.249 e. The molecular formula is C49H57ClN12O3. The number of hydrogen-bond donors (Lipinski definition) is 3. The topological polar surface area (TPSA) is 178 Å². The van der Waals surface area contributed by atoms with Crippen LogP contribution < -0.4 is 20.9 Å². The Kier molecular flexibility index (Phi) is 12.1. The van der Waals surface area contributed by atoms with Gasteiger partial charge in [-0.25, -0.2) is 14.5 Å². The minimum atomic E-state index is -0.438. The fourth-order valence-electron chi connectivity index (χ4n) is 10.9. The molecule has 5 aliphatic rings. The third kappa shape index (κ3) is 8.70. The third-order valence-electron chi connectivity index (χ3n) is 15.3. The van der Waals surface area contributed by atoms with E-state index in [9.17, 15) is 19.6 Å². The zero-order chi connectivity index (χ0) is 44.7. The highest BCUT2D eigenvalue weighted by Crippen LogP contribution is 2.40. The van der Waals surface area contributed by atoms with E-state index in [4.69, 9.17) is 26.7 Å². The number of benzene rings is 1. The van der Waals surface area contributed by atoms with E-state index in [1.807, 2.05) is 42.9 Å². The number of rotatable bonds is 11. The molecule has 5 fully saturated rings. The van der Waals surface area contributed by atoms with Crippen LogP contribution in [0, 0.1) is 16.7 Å². The van der Waals surface area contributed by atoms with Crippen molar-refractivity contribution in [2.24, 2.45) is 5.41 Å². The Morgan fingerprint density at radius 2 is 1.69 bits per heavy atom. The predicted molar refractivity (Wildman–Crippen MR) is 248 cm³/mol. The minimum absolute atomic E-state index is 0.217. The third-order valence-corrected chi connectivity index (χ3v) is 15.6. The van der Waals surface area contributed by atoms with Crippen LogP contribution in [0.5, 0.6) is 0 Å². The molecule has 3 N–H and O–H groups in total. The first kappa shape index (κ1) is 43.1. The molecule has 2 aliphatic carbocycles. The van der Waals surface area contributed by atoms with Crippen molar-refractivity contribution in [3.05, 3.63) is 77.5 Å². The zero-order valence-electron chi connectivity index (χ0n) is 37.0. The van der Waals surface area contributed by atoms with E-state index >= 15 is 0 Å². The molecule has 1 atom stereocenters. The maximum absolute atomic E-state index is 13.3. The molecule has 7 heterocycles. The van der Waals surface area contributed by atoms with Crippen LogP contribution in [-0.2, 0) is 14.4 Å². The van der Waals surface area contributed by atoms with Crippen LogP contribution in [0.2, 0.25) is 5.02 Å². The smallest absolute Gasteiger partial charge is 0.249 e. The molecule has 4 aromatic heterocycles. The summed E-state index contributed by atoms with van der Waals surface area (Å²) in [5, 5.41) is 29.1. The summed E-state index contributed by atoms with van der Waals surface area (Å²) in [4.78, 5) is 52.1. The number of amides is 3. The first-order chi connectivity index (χ1) is 31.7. The van der Waals surface area contributed by atoms with Gasteiger partial charge in [0.2, 0.25) is 17.7 Å². The van der Waals surface area contributed by atoms with Gasteiger partial charge in [-0.15, -0.1) is 0 Å². The Morgan fingerprint density at radius 1 is 0.908 bits per heavy atom. The Morgan fingerprint density at radius 3 is 2.37 bits per heavy atom. The van der Waals surface area contributed by atoms with E-state index in [-0.39, 0.29) is 23.1 Å². The Bertz CT molecular complexity index is 2610. The molecule has 2 saturated carbocycles. The molecule has 65 heavy (non-hydrogen) atoms. The van der Waals surface area contributed by atoms with E-state index in [1.165, 1.54) is 6.42 Å². The molecule has 15 nitrogen and oxygen atoms in total. The van der Waals surface area contributed by atoms with Crippen LogP contribution in [-0.4, -0.2) is 96.3 Å². The summed E-state index contributed by atoms with van der Waals surface area (Å²) >= 11 is 6.82. The molecule has 3 amide bonds. The van der Waals surface area contributed by atoms with Crippen molar-refractivity contribution >= 4 is 46.3 Å². The Hall–Kier alpha value is -5.85. The van der Waals surface area contributed by atoms with Crippen LogP contribution in [0.15, 0.2) is 61.3 Å². The lowest BCUT2D eigenvalue weighted by Crippen LogP contribution is -2.52. The van der Waals surface area contributed by atoms with Crippen LogP contribution >= 0.6 is 11.6 Å². The maximum atomic E-state index is 13.3. The number of aromatic nitrogens is 6. The number of nitrogens with zero attached hydrogens (tertiary/aromatic N) is 9. The number of imide groups is 1. The second-order valence-corrected chi connectivity index (χ2v) is 19.3. The van der Waals surface area contributed by atoms with Gasteiger partial charge in [0.05, 0.1) is 41.4 Å². The van der Waals surface area contributed by atoms with Gasteiger partial charge in [-0.2, -0.15) is 15.5 Å². The number of hydrogen-bond acceptors (Lipinski definition) is 11. The van der Waals surface area contributed by atoms with Gasteiger partial charge >= 0.3 is 0 Å². The summed E-state index contributed by atoms with van der Waals surface area (Å²) < 4.78 is 3.84. The molecule has 1 aromatic carbocycles. The summed E-state index contributed by atoms with van der Waals surface area (Å²) in [6.07, 6.45) is 22.3. The SMILES string of the molecule is CCC1(C(=O)NC2CCC2)CCN(c2ccc(-c3nc(-c4cnn([C@H]5CC[C@H](N6CCC(c7ccc(N[C@H]8CCC(=O)NC8=O)cc7Cl)CC6)CC5)c4)cn4ncc(C#N)c34)cn2)CC1. The number of pyridine rings is 1. The summed E-state index contributed by atoms with van der Waals surface area (Å²) in [5.41, 5.74) is 5.78. The van der Waals surface area contributed by atoms with Gasteiger partial charge in [-0.3, -0.25) is 24.4 Å². The lowest BCUT2D eigenvalue weighted by atomic mass is 9.74. The standard InChI is InChI=1S/C49H57ClN12O3/c1-2-49(48(65)56-35-4-3-5-35)18-22-60(23-19-49)43-14-6-32(26-52-43)45-46-33(25-51)27-54-62(46)30-42(57-45)34-28-53-61(29-34)38-10-8-37(9-11-38)59-20-16-31(17-21-59)39-12-7-36(24-40(39)50)55-41-13-15-44(63)58-47(41)64/h6-7,12,14,24,26-31,35,37-38,41,55H,2-5,8-11,13,15-23H2,1H3,(H,56,65)(H,58,63,64)/t37-,38-,41-/m0/s1. The van der Waals surface area contributed by atoms with Crippen molar-refractivity contribution in [2.75, 3.05) is 36.4 Å². The van der Waals surface area contributed by atoms with E-state index in [1.54, 1.807) is 10.7 Å². The van der Waals surface area contributed by atoms with Crippen LogP contribution in [0.25, 0.3) is 28.0 Å². The van der Waals surface area contributed by atoms with Crippen molar-refractivity contribution < 1.29 is 14.4 Å². The normalized spacial score (nSPS) is 23.2. The van der Waals surface area contributed by atoms with Gasteiger partial charge in [0.25, 0.3) is 0 Å². The molecule has 0 bridgehead atoms. The average Bonchev–Trinajstić information content (AvgIpc) is 3.99. The van der Waals surface area contributed by atoms with Gasteiger partial charge in [-0.05, 0) is 132 Å². The summed E-state index contributed by atoms with van der Waals surface area (Å²) in [6, 6.07) is 13.1. The largest absolute Gasteiger partial charge is 0.374 e. The number of fused-ring (bicyclic) bond motifs is 1. The molecule has 10 rings (SSSR count). The molecule has 338 valence electrons. The average molecular weight is 898 g/mol. The van der Waals surface area contributed by atoms with Gasteiger partial charge in [0.1, 0.15) is 29.0 Å². The quantitative estimate of drug-likeness (QED) is 0.112. The van der Waals surface area contributed by atoms with E-state index in [0.717, 1.165) is 131 Å². The molecule has 3 aliphatic heterocycles. The molecular weight excluding hydrogens is 840 g/mol. The van der Waals surface area contributed by atoms with Crippen LogP contribution in [0.1, 0.15) is 120 Å². The number of nitrogens with one attached hydrogen (secondary N) is 3. The molecule has 16 heteroatoms. The van der Waals surface area contributed by atoms with E-state index in [2.05, 4.69) is 60.8 Å². The number of nitriles is 1. The van der Waals surface area contributed by atoms with Crippen molar-refractivity contribution in [3.8, 4) is 28.6 Å². The monoisotopic (exact) mass is 896 g/mol. The van der Waals surface area contributed by atoms with E-state index < -0.39 is 6.04 Å². The van der Waals surface area contributed by atoms with Gasteiger partial charge in [0, 0.05) is 65.8 Å². The van der Waals surface area contributed by atoms with Crippen molar-refractivity contribution in [2.45, 2.75) is 127 Å². The van der Waals surface area contributed by atoms with Crippen LogP contribution in [0.4, 0.5) is 11.5 Å². The van der Waals surface area contributed by atoms with Crippen molar-refractivity contribution in [1.82, 2.24) is 44.9 Å². The number of carbonyl (C=O) groups excluding carboxylic acids is 3. The molecule has 3 saturated heterocycles. The number of halogens is 1. The van der Waals surface area contributed by atoms with Crippen LogP contribution in [0.3, 0.4) is 0 Å². The fraction of sp³-hybridized carbons (Fsp3) is 0.510. The minimum Gasteiger partial charge on any atom is -0.374 e. The molecule has 0 radical (unpaired) electrons. The zero-order valence-corrected chi connectivity index (χ0v) is 37.8. The number of likely N-dealkylation sites (tertiary alicyclic amines) is 1. The van der Waals surface area contributed by atoms with Crippen molar-refractivity contribution in [1.29, 1.82) is 5.26 Å². The summed E-state index contributed by atoms with van der Waals surface area (Å²) in [5.74, 6) is 0.958. The lowest BCUT2D eigenvalue weighted by molar-refractivity contribution is -0.134. The predicted octanol–water partition coefficient (Wildman–Crippen LogP) is 7.43. The Balaban J connectivity index is 0.757. The molecule has 0 spiro atoms. The van der Waals surface area contributed by atoms with Gasteiger partial charge in [-0.1, -0.05) is 24.6 Å². The van der Waals surface area contributed by atoms with Gasteiger partial charge in [0.15, 0.2) is 0 Å². The molecule has 5 aromatic rings. The number of carbonyl (C=O) groups is 3. The molecule has 0 unspecified atom stereocenters. The second kappa shape index (κ2) is 18.2. The van der Waals surface area contributed by atoms with Gasteiger partial charge < -0.3 is 20.4 Å². The Labute approximate surface area is 384 Å². The van der Waals surface area contributed by atoms with E-state index in [0.29, 0.717) is 58.7 Å². The first-order valence-electron chi connectivity index (χ1n) is 23.7. The summed E-state index contributed by atoms with van der Waals surface area (Å²) in [7, 11) is 0. The lowest BCUT2D eigenvalue weighted by Gasteiger charge is -2.42. The highest BCUT2D eigenvalue weighted by atomic mass is 35.5. The highest BCUT2D eigenvalue weighted by molar-refractivity contribution is 6.31.